The molecule has 1 heterocycles. The zero-order chi connectivity index (χ0) is 17.2. The van der Waals surface area contributed by atoms with E-state index in [2.05, 4.69) is 0 Å². The van der Waals surface area contributed by atoms with Crippen LogP contribution in [-0.4, -0.2) is 40.8 Å². The number of amides is 1. The van der Waals surface area contributed by atoms with Crippen molar-refractivity contribution in [1.29, 1.82) is 0 Å². The first kappa shape index (κ1) is 17.1. The molecule has 2 atom stereocenters. The first-order valence-electron chi connectivity index (χ1n) is 7.73. The molecule has 6 nitrogen and oxygen atoms in total. The first-order valence-corrected chi connectivity index (χ1v) is 7.73. The minimum atomic E-state index is -0.846. The van der Waals surface area contributed by atoms with E-state index in [1.54, 1.807) is 23.1 Å². The van der Waals surface area contributed by atoms with Crippen molar-refractivity contribution >= 4 is 17.7 Å². The topological polar surface area (TPSA) is 92.9 Å². The lowest BCUT2D eigenvalue weighted by molar-refractivity contribution is -0.144. The number of hydrogen-bond acceptors (Lipinski definition) is 4. The first-order chi connectivity index (χ1) is 10.7. The lowest BCUT2D eigenvalue weighted by Gasteiger charge is -2.37. The Morgan fingerprint density at radius 2 is 2.04 bits per heavy atom. The summed E-state index contributed by atoms with van der Waals surface area (Å²) in [5.74, 6) is -1.67. The lowest BCUT2D eigenvalue weighted by Crippen LogP contribution is -2.46. The molecule has 1 fully saturated rings. The third kappa shape index (κ3) is 4.37. The fourth-order valence-corrected chi connectivity index (χ4v) is 2.87. The van der Waals surface area contributed by atoms with Gasteiger partial charge in [0.05, 0.1) is 5.92 Å². The molecule has 126 valence electrons. The van der Waals surface area contributed by atoms with Gasteiger partial charge < -0.3 is 20.5 Å². The Bertz CT molecular complexity index is 595. The molecule has 0 bridgehead atoms. The van der Waals surface area contributed by atoms with Crippen LogP contribution in [0.4, 0.5) is 10.5 Å². The molecule has 3 N–H and O–H groups in total. The van der Waals surface area contributed by atoms with Gasteiger partial charge in [0.1, 0.15) is 5.60 Å². The Balaban J connectivity index is 2.21. The summed E-state index contributed by atoms with van der Waals surface area (Å²) in [6.07, 6.45) is -0.0103. The minimum absolute atomic E-state index is 0.294. The third-order valence-electron chi connectivity index (χ3n) is 3.92. The summed E-state index contributed by atoms with van der Waals surface area (Å²) in [5, 5.41) is 9.48. The molecule has 1 aliphatic heterocycles. The van der Waals surface area contributed by atoms with Gasteiger partial charge in [-0.2, -0.15) is 0 Å². The predicted octanol–water partition coefficient (Wildman–Crippen LogP) is 2.69. The molecule has 1 aliphatic rings. The number of nitrogens with zero attached hydrogens (tertiary/aromatic N) is 1. The molecule has 1 saturated heterocycles. The maximum atomic E-state index is 12.3. The smallest absolute Gasteiger partial charge is 0.410 e. The highest BCUT2D eigenvalue weighted by molar-refractivity contribution is 5.73. The number of ether oxygens (including phenoxy) is 1. The van der Waals surface area contributed by atoms with Crippen LogP contribution in [0.5, 0.6) is 0 Å². The van der Waals surface area contributed by atoms with Crippen molar-refractivity contribution in [2.24, 2.45) is 5.92 Å². The molecule has 1 aromatic rings. The Labute approximate surface area is 136 Å². The van der Waals surface area contributed by atoms with Gasteiger partial charge in [0, 0.05) is 24.7 Å². The summed E-state index contributed by atoms with van der Waals surface area (Å²) in [7, 11) is 0. The van der Waals surface area contributed by atoms with Crippen molar-refractivity contribution in [3.8, 4) is 0 Å². The highest BCUT2D eigenvalue weighted by Gasteiger charge is 2.38. The van der Waals surface area contributed by atoms with E-state index in [-0.39, 0.29) is 5.92 Å². The molecule has 23 heavy (non-hydrogen) atoms. The van der Waals surface area contributed by atoms with E-state index in [0.29, 0.717) is 25.2 Å². The van der Waals surface area contributed by atoms with E-state index in [9.17, 15) is 14.7 Å². The van der Waals surface area contributed by atoms with E-state index >= 15 is 0 Å². The van der Waals surface area contributed by atoms with Crippen LogP contribution >= 0.6 is 0 Å². The van der Waals surface area contributed by atoms with Crippen LogP contribution in [0.15, 0.2) is 24.3 Å². The number of piperidine rings is 1. The molecular weight excluding hydrogens is 296 g/mol. The Morgan fingerprint density at radius 3 is 2.61 bits per heavy atom. The number of carboxylic acids is 1. The second-order valence-electron chi connectivity index (χ2n) is 6.94. The summed E-state index contributed by atoms with van der Waals surface area (Å²) in [6, 6.07) is 7.19. The Kier molecular flexibility index (Phi) is 4.82. The monoisotopic (exact) mass is 320 g/mol. The van der Waals surface area contributed by atoms with Crippen molar-refractivity contribution in [3.05, 3.63) is 29.8 Å². The number of carbonyl (C=O) groups excluding carboxylic acids is 1. The number of aliphatic carboxylic acids is 1. The van der Waals surface area contributed by atoms with Gasteiger partial charge in [0.2, 0.25) is 0 Å². The summed E-state index contributed by atoms with van der Waals surface area (Å²) in [5.41, 5.74) is 6.66. The van der Waals surface area contributed by atoms with E-state index in [4.69, 9.17) is 10.5 Å². The second kappa shape index (κ2) is 6.48. The van der Waals surface area contributed by atoms with E-state index in [1.807, 2.05) is 26.8 Å². The van der Waals surface area contributed by atoms with E-state index < -0.39 is 23.6 Å². The summed E-state index contributed by atoms with van der Waals surface area (Å²) < 4.78 is 5.40. The van der Waals surface area contributed by atoms with Crippen LogP contribution in [0.1, 0.15) is 38.7 Å². The van der Waals surface area contributed by atoms with Gasteiger partial charge >= 0.3 is 12.1 Å². The molecule has 2 rings (SSSR count). The van der Waals surface area contributed by atoms with Gasteiger partial charge in [-0.25, -0.2) is 4.79 Å². The zero-order valence-corrected chi connectivity index (χ0v) is 13.8. The average Bonchev–Trinajstić information content (AvgIpc) is 2.44. The number of carboxylic acid groups (broad SMARTS) is 1. The van der Waals surface area contributed by atoms with E-state index in [1.165, 1.54) is 0 Å². The normalized spacial score (nSPS) is 21.8. The molecule has 6 heteroatoms. The quantitative estimate of drug-likeness (QED) is 0.817. The second-order valence-corrected chi connectivity index (χ2v) is 6.94. The van der Waals surface area contributed by atoms with Crippen LogP contribution in [0.3, 0.4) is 0 Å². The van der Waals surface area contributed by atoms with Crippen LogP contribution in [-0.2, 0) is 9.53 Å². The van der Waals surface area contributed by atoms with Crippen molar-refractivity contribution in [2.45, 2.75) is 38.7 Å². The average molecular weight is 320 g/mol. The maximum absolute atomic E-state index is 12.3. The summed E-state index contributed by atoms with van der Waals surface area (Å²) in [6.45, 7) is 6.12. The molecular formula is C17H24N2O4. The van der Waals surface area contributed by atoms with Crippen LogP contribution in [0.25, 0.3) is 0 Å². The zero-order valence-electron chi connectivity index (χ0n) is 13.8. The molecule has 2 unspecified atom stereocenters. The standard InChI is InChI=1S/C17H24N2O4/c1-17(2,3)23-16(22)19-8-7-13(15(20)21)14(10-19)11-5-4-6-12(18)9-11/h4-6,9,13-14H,7-8,10,18H2,1-3H3,(H,20,21). The molecule has 0 aromatic heterocycles. The van der Waals surface area contributed by atoms with Crippen molar-refractivity contribution in [3.63, 3.8) is 0 Å². The maximum Gasteiger partial charge on any atom is 0.410 e. The molecule has 0 saturated carbocycles. The number of nitrogens with two attached hydrogens (primary N) is 1. The number of rotatable bonds is 2. The van der Waals surface area contributed by atoms with Crippen LogP contribution in [0.2, 0.25) is 0 Å². The van der Waals surface area contributed by atoms with Gasteiger partial charge in [-0.3, -0.25) is 4.79 Å². The highest BCUT2D eigenvalue weighted by Crippen LogP contribution is 2.34. The van der Waals surface area contributed by atoms with Gasteiger partial charge in [-0.05, 0) is 44.9 Å². The van der Waals surface area contributed by atoms with E-state index in [0.717, 1.165) is 5.56 Å². The predicted molar refractivity (Wildman–Crippen MR) is 87.1 cm³/mol. The number of carbonyl (C=O) groups is 2. The van der Waals surface area contributed by atoms with Gasteiger partial charge in [0.25, 0.3) is 0 Å². The summed E-state index contributed by atoms with van der Waals surface area (Å²) >= 11 is 0. The van der Waals surface area contributed by atoms with Crippen LogP contribution < -0.4 is 5.73 Å². The minimum Gasteiger partial charge on any atom is -0.481 e. The Morgan fingerprint density at radius 1 is 1.35 bits per heavy atom. The SMILES string of the molecule is CC(C)(C)OC(=O)N1CCC(C(=O)O)C(c2cccc(N)c2)C1. The molecule has 0 aliphatic carbocycles. The largest absolute Gasteiger partial charge is 0.481 e. The lowest BCUT2D eigenvalue weighted by atomic mass is 9.80. The van der Waals surface area contributed by atoms with Crippen LogP contribution in [0, 0.1) is 5.92 Å². The number of nitrogen functional groups attached to an aromatic ring is 1. The van der Waals surface area contributed by atoms with Crippen molar-refractivity contribution < 1.29 is 19.4 Å². The molecule has 1 aromatic carbocycles. The molecule has 1 amide bonds. The van der Waals surface area contributed by atoms with Gasteiger partial charge in [-0.15, -0.1) is 0 Å². The fraction of sp³-hybridized carbons (Fsp3) is 0.529. The number of benzene rings is 1. The Hall–Kier alpha value is -2.24. The number of anilines is 1. The number of hydrogen-bond donors (Lipinski definition) is 2. The fourth-order valence-electron chi connectivity index (χ4n) is 2.87. The summed E-state index contributed by atoms with van der Waals surface area (Å²) in [4.78, 5) is 25.4. The molecule has 0 radical (unpaired) electrons. The van der Waals surface area contributed by atoms with Gasteiger partial charge in [0.15, 0.2) is 0 Å². The third-order valence-corrected chi connectivity index (χ3v) is 3.92. The van der Waals surface area contributed by atoms with Gasteiger partial charge in [-0.1, -0.05) is 12.1 Å². The number of likely N-dealkylation sites (tertiary alicyclic amines) is 1. The highest BCUT2D eigenvalue weighted by atomic mass is 16.6. The molecule has 0 spiro atoms. The van der Waals surface area contributed by atoms with Crippen molar-refractivity contribution in [1.82, 2.24) is 4.90 Å². The van der Waals surface area contributed by atoms with Crippen molar-refractivity contribution in [2.75, 3.05) is 18.8 Å².